The van der Waals surface area contributed by atoms with E-state index in [0.717, 1.165) is 0 Å². The molecule has 1 aromatic carbocycles. The molecule has 0 saturated carbocycles. The Hall–Kier alpha value is -2.30. The molecule has 2 rings (SSSR count). The number of aliphatic hydroxyl groups is 1. The first-order chi connectivity index (χ1) is 14.4. The maximum atomic E-state index is 12.9. The molecule has 2 aromatic rings. The highest BCUT2D eigenvalue weighted by Gasteiger charge is 2.69. The highest BCUT2D eigenvalue weighted by atomic mass is 19.4. The Labute approximate surface area is 175 Å². The number of aromatic nitrogens is 1. The number of fused-ring (bicyclic) bond motifs is 1. The van der Waals surface area contributed by atoms with E-state index in [-0.39, 0.29) is 18.8 Å². The number of aromatic amines is 1. The number of benzene rings is 1. The number of alkyl halides is 6. The molecular formula is C20H25F6NO4. The van der Waals surface area contributed by atoms with Crippen LogP contribution in [0, 0.1) is 0 Å². The van der Waals surface area contributed by atoms with E-state index < -0.39 is 30.8 Å². The summed E-state index contributed by atoms with van der Waals surface area (Å²) in [4.78, 5) is 2.98. The molecule has 0 saturated heterocycles. The van der Waals surface area contributed by atoms with Crippen LogP contribution in [0.2, 0.25) is 0 Å². The van der Waals surface area contributed by atoms with Gasteiger partial charge in [0.1, 0.15) is 0 Å². The molecule has 0 aliphatic carbocycles. The molecule has 0 atom stereocenters. The summed E-state index contributed by atoms with van der Waals surface area (Å²) < 4.78 is 94.4. The second-order valence-corrected chi connectivity index (χ2v) is 6.76. The van der Waals surface area contributed by atoms with Crippen molar-refractivity contribution < 1.29 is 45.7 Å². The molecule has 5 nitrogen and oxygen atoms in total. The number of rotatable bonds is 10. The predicted molar refractivity (Wildman–Crippen MR) is 102 cm³/mol. The van der Waals surface area contributed by atoms with Gasteiger partial charge in [0.2, 0.25) is 0 Å². The minimum absolute atomic E-state index is 0.208. The summed E-state index contributed by atoms with van der Waals surface area (Å²) in [5.41, 5.74) is -3.94. The van der Waals surface area contributed by atoms with Gasteiger partial charge < -0.3 is 24.3 Å². The zero-order valence-corrected chi connectivity index (χ0v) is 17.3. The first-order valence-corrected chi connectivity index (χ1v) is 9.83. The number of H-pyrrole nitrogens is 1. The van der Waals surface area contributed by atoms with Gasteiger partial charge in [0.15, 0.2) is 17.2 Å². The van der Waals surface area contributed by atoms with Gasteiger partial charge >= 0.3 is 12.4 Å². The predicted octanol–water partition coefficient (Wildman–Crippen LogP) is 5.54. The topological polar surface area (TPSA) is 63.7 Å². The Morgan fingerprint density at radius 2 is 1.39 bits per heavy atom. The Bertz CT molecular complexity index is 861. The van der Waals surface area contributed by atoms with Gasteiger partial charge in [-0.2, -0.15) is 26.3 Å². The molecule has 0 spiro atoms. The normalized spacial score (nSPS) is 13.0. The maximum Gasteiger partial charge on any atom is 0.426 e. The summed E-state index contributed by atoms with van der Waals surface area (Å²) in [5, 5.41) is 9.85. The fourth-order valence-corrected chi connectivity index (χ4v) is 3.26. The van der Waals surface area contributed by atoms with Gasteiger partial charge in [-0.25, -0.2) is 0 Å². The van der Waals surface area contributed by atoms with Gasteiger partial charge in [-0.3, -0.25) is 0 Å². The molecule has 1 heterocycles. The van der Waals surface area contributed by atoms with Crippen molar-refractivity contribution in [3.05, 3.63) is 17.8 Å². The lowest BCUT2D eigenvalue weighted by Gasteiger charge is -2.32. The standard InChI is InChI=1S/C20H25F6NO4/c1-4-29-14-10-9-12-15(17(14)31-6-3)16(30-5-2)13(27-12)8-7-11-18(28,19(21,22)23)20(24,25)26/h9-10,27-28H,4-8,11H2,1-3H3. The third-order valence-corrected chi connectivity index (χ3v) is 4.69. The number of hydrogen-bond acceptors (Lipinski definition) is 4. The average Bonchev–Trinajstić information content (AvgIpc) is 3.00. The molecule has 31 heavy (non-hydrogen) atoms. The lowest BCUT2D eigenvalue weighted by Crippen LogP contribution is -2.56. The monoisotopic (exact) mass is 457 g/mol. The largest absolute Gasteiger partial charge is 0.491 e. The summed E-state index contributed by atoms with van der Waals surface area (Å²) in [6, 6.07) is 3.31. The van der Waals surface area contributed by atoms with Crippen molar-refractivity contribution in [3.63, 3.8) is 0 Å². The van der Waals surface area contributed by atoms with Crippen LogP contribution in [0.4, 0.5) is 26.3 Å². The van der Waals surface area contributed by atoms with Gasteiger partial charge in [0.05, 0.1) is 36.4 Å². The minimum Gasteiger partial charge on any atom is -0.491 e. The average molecular weight is 457 g/mol. The van der Waals surface area contributed by atoms with Crippen molar-refractivity contribution in [1.29, 1.82) is 0 Å². The van der Waals surface area contributed by atoms with Crippen molar-refractivity contribution in [2.45, 2.75) is 58.0 Å². The maximum absolute atomic E-state index is 12.9. The van der Waals surface area contributed by atoms with E-state index in [9.17, 15) is 31.4 Å². The highest BCUT2D eigenvalue weighted by molar-refractivity contribution is 5.95. The van der Waals surface area contributed by atoms with Crippen LogP contribution in [0.5, 0.6) is 17.2 Å². The van der Waals surface area contributed by atoms with Crippen LogP contribution in [-0.4, -0.2) is 47.9 Å². The van der Waals surface area contributed by atoms with Gasteiger partial charge in [0, 0.05) is 0 Å². The van der Waals surface area contributed by atoms with E-state index in [2.05, 4.69) is 4.98 Å². The molecule has 0 fully saturated rings. The lowest BCUT2D eigenvalue weighted by molar-refractivity contribution is -0.370. The van der Waals surface area contributed by atoms with Crippen LogP contribution in [-0.2, 0) is 6.42 Å². The molecule has 0 unspecified atom stereocenters. The first-order valence-electron chi connectivity index (χ1n) is 9.83. The molecule has 0 radical (unpaired) electrons. The molecule has 176 valence electrons. The van der Waals surface area contributed by atoms with E-state index in [4.69, 9.17) is 14.2 Å². The summed E-state index contributed by atoms with van der Waals surface area (Å²) in [5.74, 6) is 1.08. The van der Waals surface area contributed by atoms with Gasteiger partial charge in [-0.05, 0) is 52.2 Å². The van der Waals surface area contributed by atoms with Crippen LogP contribution in [0.1, 0.15) is 39.3 Å². The Morgan fingerprint density at radius 1 is 0.839 bits per heavy atom. The molecule has 11 heteroatoms. The minimum atomic E-state index is -5.84. The fourth-order valence-electron chi connectivity index (χ4n) is 3.26. The Kier molecular flexibility index (Phi) is 7.61. The third-order valence-electron chi connectivity index (χ3n) is 4.69. The lowest BCUT2D eigenvalue weighted by atomic mass is 9.94. The Balaban J connectivity index is 2.42. The van der Waals surface area contributed by atoms with Crippen LogP contribution < -0.4 is 14.2 Å². The van der Waals surface area contributed by atoms with Gasteiger partial charge in [0.25, 0.3) is 5.60 Å². The van der Waals surface area contributed by atoms with Crippen LogP contribution >= 0.6 is 0 Å². The van der Waals surface area contributed by atoms with E-state index in [1.165, 1.54) is 0 Å². The summed E-state index contributed by atoms with van der Waals surface area (Å²) >= 11 is 0. The highest BCUT2D eigenvalue weighted by Crippen LogP contribution is 2.47. The van der Waals surface area contributed by atoms with Crippen molar-refractivity contribution >= 4 is 10.9 Å². The zero-order valence-electron chi connectivity index (χ0n) is 17.3. The third kappa shape index (κ3) is 4.97. The summed E-state index contributed by atoms with van der Waals surface area (Å²) in [6.07, 6.45) is -14.0. The van der Waals surface area contributed by atoms with Crippen molar-refractivity contribution in [2.75, 3.05) is 19.8 Å². The first kappa shape index (κ1) is 25.0. The van der Waals surface area contributed by atoms with E-state index in [1.54, 1.807) is 32.9 Å². The van der Waals surface area contributed by atoms with Gasteiger partial charge in [-0.1, -0.05) is 0 Å². The smallest absolute Gasteiger partial charge is 0.426 e. The van der Waals surface area contributed by atoms with Gasteiger partial charge in [-0.15, -0.1) is 0 Å². The molecular weight excluding hydrogens is 432 g/mol. The second kappa shape index (κ2) is 9.46. The molecule has 2 N–H and O–H groups in total. The number of nitrogens with one attached hydrogen (secondary N) is 1. The number of ether oxygens (including phenoxy) is 3. The number of aryl methyl sites for hydroxylation is 1. The van der Waals surface area contributed by atoms with E-state index in [0.29, 0.717) is 41.3 Å². The molecule has 1 aromatic heterocycles. The van der Waals surface area contributed by atoms with Crippen molar-refractivity contribution in [1.82, 2.24) is 4.98 Å². The summed E-state index contributed by atoms with van der Waals surface area (Å²) in [6.45, 7) is 6.11. The van der Waals surface area contributed by atoms with E-state index >= 15 is 0 Å². The molecule has 0 aliphatic rings. The number of halogens is 6. The van der Waals surface area contributed by atoms with E-state index in [1.807, 2.05) is 0 Å². The Morgan fingerprint density at radius 3 is 1.90 bits per heavy atom. The SMILES string of the molecule is CCOc1ccc2[nH]c(CCCC(O)(C(F)(F)F)C(F)(F)F)c(OCC)c2c1OCC. The van der Waals surface area contributed by atoms with Crippen LogP contribution in [0.25, 0.3) is 10.9 Å². The second-order valence-electron chi connectivity index (χ2n) is 6.76. The quantitative estimate of drug-likeness (QED) is 0.460. The molecule has 0 bridgehead atoms. The fraction of sp³-hybridized carbons (Fsp3) is 0.600. The number of hydrogen-bond donors (Lipinski definition) is 2. The zero-order chi connectivity index (χ0) is 23.4. The van der Waals surface area contributed by atoms with Crippen molar-refractivity contribution in [3.8, 4) is 17.2 Å². The van der Waals surface area contributed by atoms with Crippen LogP contribution in [0.15, 0.2) is 12.1 Å². The summed E-state index contributed by atoms with van der Waals surface area (Å²) in [7, 11) is 0. The van der Waals surface area contributed by atoms with Crippen LogP contribution in [0.3, 0.4) is 0 Å². The van der Waals surface area contributed by atoms with Crippen molar-refractivity contribution in [2.24, 2.45) is 0 Å². The molecule has 0 amide bonds. The molecule has 0 aliphatic heterocycles.